The molecule has 0 amide bonds. The quantitative estimate of drug-likeness (QED) is 0.672. The Labute approximate surface area is 123 Å². The van der Waals surface area contributed by atoms with Crippen LogP contribution in [0, 0.1) is 0 Å². The minimum Gasteiger partial charge on any atom is -0.349 e. The average molecular weight is 381 g/mol. The van der Waals surface area contributed by atoms with Crippen LogP contribution in [-0.2, 0) is 0 Å². The largest absolute Gasteiger partial charge is 0.349 e. The van der Waals surface area contributed by atoms with Gasteiger partial charge in [0.1, 0.15) is 5.82 Å². The fourth-order valence-electron chi connectivity index (χ4n) is 3.05. The molecule has 1 aromatic heterocycles. The Morgan fingerprint density at radius 2 is 1.94 bits per heavy atom. The summed E-state index contributed by atoms with van der Waals surface area (Å²) < 4.78 is 0.939. The molecule has 0 N–H and O–H groups in total. The number of rotatable bonds is 1. The zero-order valence-corrected chi connectivity index (χ0v) is 13.2. The van der Waals surface area contributed by atoms with Gasteiger partial charge in [-0.2, -0.15) is 0 Å². The fraction of sp³-hybridized carbons (Fsp3) is 0.583. The van der Waals surface area contributed by atoms with Gasteiger partial charge in [-0.25, -0.2) is 4.98 Å². The zero-order valence-electron chi connectivity index (χ0n) is 9.24. The number of hydrogen-bond donors (Lipinski definition) is 0. The second kappa shape index (κ2) is 4.71. The molecular weight excluding hydrogens is 367 g/mol. The van der Waals surface area contributed by atoms with Gasteiger partial charge in [-0.3, -0.25) is 0 Å². The van der Waals surface area contributed by atoms with Crippen molar-refractivity contribution in [3.63, 3.8) is 0 Å². The van der Waals surface area contributed by atoms with E-state index < -0.39 is 0 Å². The van der Waals surface area contributed by atoms with Crippen LogP contribution in [0.2, 0.25) is 5.02 Å². The van der Waals surface area contributed by atoms with E-state index in [9.17, 15) is 0 Å². The van der Waals surface area contributed by atoms with Crippen LogP contribution in [0.15, 0.2) is 16.7 Å². The van der Waals surface area contributed by atoms with Gasteiger partial charge >= 0.3 is 0 Å². The van der Waals surface area contributed by atoms with Crippen LogP contribution in [0.4, 0.5) is 5.82 Å². The van der Waals surface area contributed by atoms with Crippen molar-refractivity contribution in [3.8, 4) is 0 Å². The maximum absolute atomic E-state index is 6.31. The van der Waals surface area contributed by atoms with Gasteiger partial charge in [0, 0.05) is 27.6 Å². The van der Waals surface area contributed by atoms with Gasteiger partial charge in [-0.1, -0.05) is 27.5 Å². The second-order valence-electron chi connectivity index (χ2n) is 4.82. The summed E-state index contributed by atoms with van der Waals surface area (Å²) in [5.74, 6) is 0.960. The molecule has 1 aromatic rings. The average Bonchev–Trinajstić information content (AvgIpc) is 2.53. The van der Waals surface area contributed by atoms with Crippen LogP contribution >= 0.6 is 43.5 Å². The van der Waals surface area contributed by atoms with E-state index in [4.69, 9.17) is 11.6 Å². The molecule has 3 heterocycles. The van der Waals surface area contributed by atoms with Crippen molar-refractivity contribution < 1.29 is 0 Å². The summed E-state index contributed by atoms with van der Waals surface area (Å²) in [6.45, 7) is 0. The highest BCUT2D eigenvalue weighted by molar-refractivity contribution is 9.10. The smallest absolute Gasteiger partial charge is 0.147 e. The third-order valence-corrected chi connectivity index (χ3v) is 5.17. The number of hydrogen-bond acceptors (Lipinski definition) is 2. The minimum atomic E-state index is 0.601. The van der Waals surface area contributed by atoms with E-state index >= 15 is 0 Å². The SMILES string of the molecule is Clc1cc(Br)cnc1N1C2CCC1CC(Br)C2. The van der Waals surface area contributed by atoms with E-state index in [0.717, 1.165) is 15.3 Å². The predicted octanol–water partition coefficient (Wildman–Crippen LogP) is 4.39. The van der Waals surface area contributed by atoms with Crippen molar-refractivity contribution in [2.75, 3.05) is 4.90 Å². The summed E-state index contributed by atoms with van der Waals surface area (Å²) in [5, 5.41) is 0.754. The van der Waals surface area contributed by atoms with Crippen LogP contribution in [0.25, 0.3) is 0 Å². The Balaban J connectivity index is 1.94. The number of halogens is 3. The van der Waals surface area contributed by atoms with Crippen molar-refractivity contribution in [1.82, 2.24) is 4.98 Å². The third-order valence-electron chi connectivity index (χ3n) is 3.71. The van der Waals surface area contributed by atoms with E-state index in [-0.39, 0.29) is 0 Å². The standard InChI is InChI=1S/C12H13Br2ClN2/c13-7-3-9-1-2-10(4-7)17(9)12-11(15)5-8(14)6-16-12/h5-7,9-10H,1-4H2. The third kappa shape index (κ3) is 2.24. The monoisotopic (exact) mass is 378 g/mol. The second-order valence-corrected chi connectivity index (χ2v) is 7.44. The zero-order chi connectivity index (χ0) is 12.0. The maximum Gasteiger partial charge on any atom is 0.147 e. The van der Waals surface area contributed by atoms with Crippen LogP contribution < -0.4 is 4.90 Å². The Hall–Kier alpha value is 0.200. The lowest BCUT2D eigenvalue weighted by atomic mass is 10.0. The van der Waals surface area contributed by atoms with Gasteiger partial charge in [-0.15, -0.1) is 0 Å². The van der Waals surface area contributed by atoms with Crippen LogP contribution in [0.3, 0.4) is 0 Å². The summed E-state index contributed by atoms with van der Waals surface area (Å²) in [7, 11) is 0. The molecule has 3 rings (SSSR count). The van der Waals surface area contributed by atoms with E-state index in [1.807, 2.05) is 12.3 Å². The lowest BCUT2D eigenvalue weighted by Gasteiger charge is -2.38. The molecule has 2 aliphatic heterocycles. The highest BCUT2D eigenvalue weighted by Gasteiger charge is 2.41. The highest BCUT2D eigenvalue weighted by Crippen LogP contribution is 2.42. The van der Waals surface area contributed by atoms with Crippen LogP contribution in [-0.4, -0.2) is 21.9 Å². The number of fused-ring (bicyclic) bond motifs is 2. The van der Waals surface area contributed by atoms with Gasteiger partial charge in [0.25, 0.3) is 0 Å². The molecular formula is C12H13Br2ClN2. The molecule has 0 aromatic carbocycles. The van der Waals surface area contributed by atoms with Gasteiger partial charge in [-0.05, 0) is 47.7 Å². The summed E-state index contributed by atoms with van der Waals surface area (Å²) in [4.78, 5) is 7.59. The summed E-state index contributed by atoms with van der Waals surface area (Å²) in [6.07, 6.45) is 6.76. The van der Waals surface area contributed by atoms with Crippen molar-refractivity contribution in [3.05, 3.63) is 21.8 Å². The first-order valence-corrected chi connectivity index (χ1v) is 7.97. The van der Waals surface area contributed by atoms with Crippen molar-refractivity contribution in [1.29, 1.82) is 0 Å². The Kier molecular flexibility index (Phi) is 3.39. The van der Waals surface area contributed by atoms with Gasteiger partial charge in [0.2, 0.25) is 0 Å². The molecule has 2 nitrogen and oxygen atoms in total. The number of aromatic nitrogens is 1. The van der Waals surface area contributed by atoms with Crippen molar-refractivity contribution >= 4 is 49.3 Å². The molecule has 2 fully saturated rings. The van der Waals surface area contributed by atoms with Gasteiger partial charge in [0.05, 0.1) is 5.02 Å². The Bertz CT molecular complexity index is 427. The molecule has 0 aliphatic carbocycles. The number of pyridine rings is 1. The van der Waals surface area contributed by atoms with Crippen molar-refractivity contribution in [2.45, 2.75) is 42.6 Å². The number of anilines is 1. The molecule has 0 saturated carbocycles. The maximum atomic E-state index is 6.31. The highest BCUT2D eigenvalue weighted by atomic mass is 79.9. The van der Waals surface area contributed by atoms with Crippen LogP contribution in [0.5, 0.6) is 0 Å². The van der Waals surface area contributed by atoms with Crippen molar-refractivity contribution in [2.24, 2.45) is 0 Å². The molecule has 0 radical (unpaired) electrons. The van der Waals surface area contributed by atoms with E-state index in [2.05, 4.69) is 41.7 Å². The fourth-order valence-corrected chi connectivity index (χ4v) is 4.64. The molecule has 2 aliphatic rings. The molecule has 5 heteroatoms. The van der Waals surface area contributed by atoms with Gasteiger partial charge < -0.3 is 4.90 Å². The number of alkyl halides is 1. The molecule has 2 saturated heterocycles. The molecule has 2 atom stereocenters. The molecule has 2 unspecified atom stereocenters. The van der Waals surface area contributed by atoms with Crippen LogP contribution in [0.1, 0.15) is 25.7 Å². The summed E-state index contributed by atoms with van der Waals surface area (Å²) >= 11 is 13.5. The van der Waals surface area contributed by atoms with E-state index in [1.54, 1.807) is 0 Å². The summed E-state index contributed by atoms with van der Waals surface area (Å²) in [5.41, 5.74) is 0. The molecule has 17 heavy (non-hydrogen) atoms. The number of nitrogens with zero attached hydrogens (tertiary/aromatic N) is 2. The molecule has 0 spiro atoms. The first kappa shape index (κ1) is 12.2. The van der Waals surface area contributed by atoms with E-state index in [1.165, 1.54) is 25.7 Å². The topological polar surface area (TPSA) is 16.1 Å². The van der Waals surface area contributed by atoms with E-state index in [0.29, 0.717) is 16.9 Å². The molecule has 92 valence electrons. The number of piperidine rings is 1. The lowest BCUT2D eigenvalue weighted by molar-refractivity contribution is 0.479. The van der Waals surface area contributed by atoms with Gasteiger partial charge in [0.15, 0.2) is 0 Å². The minimum absolute atomic E-state index is 0.601. The lowest BCUT2D eigenvalue weighted by Crippen LogP contribution is -2.43. The predicted molar refractivity (Wildman–Crippen MR) is 78.2 cm³/mol. The molecule has 2 bridgehead atoms. The first-order chi connectivity index (χ1) is 8.15. The normalized spacial score (nSPS) is 31.9. The first-order valence-electron chi connectivity index (χ1n) is 5.88. The Morgan fingerprint density at radius 3 is 2.53 bits per heavy atom. The Morgan fingerprint density at radius 1 is 1.29 bits per heavy atom. The summed E-state index contributed by atoms with van der Waals surface area (Å²) in [6, 6.07) is 3.14.